The minimum absolute atomic E-state index is 0.0279. The lowest BCUT2D eigenvalue weighted by Crippen LogP contribution is -2.62. The van der Waals surface area contributed by atoms with Gasteiger partial charge in [-0.05, 0) is 68.2 Å². The standard InChI is InChI=1S/C41H33BN2Si/c1-45(2,3)41-31-18-7-5-15-29(31)26-27-39(41)43-37-23-11-9-21-34(37)42-40-33(20-13-25-38(40)43)32-19-8-10-22-36(32)44(42)35-24-12-16-28-14-4-6-17-30(28)35/h4-27H,1-3H3. The van der Waals surface area contributed by atoms with E-state index in [4.69, 9.17) is 0 Å². The summed E-state index contributed by atoms with van der Waals surface area (Å²) in [6.07, 6.45) is 0. The molecular formula is C41H33BN2Si. The third kappa shape index (κ3) is 3.82. The molecular weight excluding hydrogens is 559 g/mol. The van der Waals surface area contributed by atoms with Crippen molar-refractivity contribution in [2.45, 2.75) is 19.6 Å². The van der Waals surface area contributed by atoms with Gasteiger partial charge in [0.25, 0.3) is 0 Å². The topological polar surface area (TPSA) is 6.48 Å². The van der Waals surface area contributed by atoms with Crippen LogP contribution in [0.3, 0.4) is 0 Å². The van der Waals surface area contributed by atoms with Crippen molar-refractivity contribution in [1.29, 1.82) is 0 Å². The lowest BCUT2D eigenvalue weighted by Gasteiger charge is -2.46. The zero-order chi connectivity index (χ0) is 30.3. The van der Waals surface area contributed by atoms with Crippen molar-refractivity contribution < 1.29 is 0 Å². The third-order valence-corrected chi connectivity index (χ3v) is 11.7. The number of benzene rings is 7. The monoisotopic (exact) mass is 592 g/mol. The molecule has 2 aliphatic heterocycles. The zero-order valence-corrected chi connectivity index (χ0v) is 26.8. The highest BCUT2D eigenvalue weighted by atomic mass is 28.3. The summed E-state index contributed by atoms with van der Waals surface area (Å²) in [5.74, 6) is 0. The van der Waals surface area contributed by atoms with E-state index in [1.807, 2.05) is 0 Å². The average molecular weight is 593 g/mol. The van der Waals surface area contributed by atoms with Crippen LogP contribution in [0.1, 0.15) is 0 Å². The summed E-state index contributed by atoms with van der Waals surface area (Å²) in [5.41, 5.74) is 11.6. The normalized spacial score (nSPS) is 13.5. The minimum atomic E-state index is -1.80. The Hall–Kier alpha value is -5.06. The molecule has 0 saturated carbocycles. The lowest BCUT2D eigenvalue weighted by molar-refractivity contribution is 1.28. The largest absolute Gasteiger partial charge is 0.376 e. The predicted molar refractivity (Wildman–Crippen MR) is 198 cm³/mol. The summed E-state index contributed by atoms with van der Waals surface area (Å²) in [6, 6.07) is 54.1. The van der Waals surface area contributed by atoms with E-state index in [-0.39, 0.29) is 6.85 Å². The third-order valence-electron chi connectivity index (χ3n) is 9.71. The Morgan fingerprint density at radius 2 is 1.02 bits per heavy atom. The van der Waals surface area contributed by atoms with Crippen molar-refractivity contribution in [2.75, 3.05) is 9.71 Å². The second-order valence-electron chi connectivity index (χ2n) is 13.4. The van der Waals surface area contributed by atoms with Gasteiger partial charge in [0.1, 0.15) is 0 Å². The van der Waals surface area contributed by atoms with Crippen LogP contribution in [0.5, 0.6) is 0 Å². The van der Waals surface area contributed by atoms with Gasteiger partial charge in [0, 0.05) is 39.4 Å². The van der Waals surface area contributed by atoms with Crippen LogP contribution in [-0.2, 0) is 0 Å². The van der Waals surface area contributed by atoms with E-state index in [9.17, 15) is 0 Å². The maximum absolute atomic E-state index is 2.61. The van der Waals surface area contributed by atoms with Crippen molar-refractivity contribution in [3.63, 3.8) is 0 Å². The molecule has 0 bridgehead atoms. The van der Waals surface area contributed by atoms with Gasteiger partial charge in [-0.15, -0.1) is 0 Å². The van der Waals surface area contributed by atoms with Gasteiger partial charge in [-0.3, -0.25) is 0 Å². The van der Waals surface area contributed by atoms with Gasteiger partial charge in [0.2, 0.25) is 0 Å². The fourth-order valence-corrected chi connectivity index (χ4v) is 9.98. The van der Waals surface area contributed by atoms with E-state index in [1.165, 1.54) is 77.2 Å². The molecule has 7 aromatic rings. The fourth-order valence-electron chi connectivity index (χ4n) is 7.98. The zero-order valence-electron chi connectivity index (χ0n) is 25.8. The van der Waals surface area contributed by atoms with Crippen LogP contribution < -0.4 is 25.8 Å². The van der Waals surface area contributed by atoms with Gasteiger partial charge in [0.05, 0.1) is 8.07 Å². The van der Waals surface area contributed by atoms with Crippen molar-refractivity contribution >= 4 is 81.0 Å². The van der Waals surface area contributed by atoms with Gasteiger partial charge in [-0.25, -0.2) is 0 Å². The van der Waals surface area contributed by atoms with Crippen molar-refractivity contribution in [1.82, 2.24) is 0 Å². The molecule has 0 N–H and O–H groups in total. The van der Waals surface area contributed by atoms with E-state index in [1.54, 1.807) is 0 Å². The van der Waals surface area contributed by atoms with E-state index in [0.717, 1.165) is 0 Å². The molecule has 9 rings (SSSR count). The molecule has 0 amide bonds. The summed E-state index contributed by atoms with van der Waals surface area (Å²) in [5, 5.41) is 6.72. The van der Waals surface area contributed by atoms with Gasteiger partial charge >= 0.3 is 6.85 Å². The molecule has 214 valence electrons. The van der Waals surface area contributed by atoms with E-state index in [2.05, 4.69) is 175 Å². The van der Waals surface area contributed by atoms with E-state index < -0.39 is 8.07 Å². The molecule has 4 heteroatoms. The maximum Gasteiger partial charge on any atom is 0.333 e. The summed E-state index contributed by atoms with van der Waals surface area (Å²) in [4.78, 5) is 5.19. The Bertz CT molecular complexity index is 2300. The molecule has 0 radical (unpaired) electrons. The van der Waals surface area contributed by atoms with Crippen LogP contribution in [0.25, 0.3) is 32.7 Å². The van der Waals surface area contributed by atoms with Crippen LogP contribution in [0.2, 0.25) is 19.6 Å². The molecule has 45 heavy (non-hydrogen) atoms. The van der Waals surface area contributed by atoms with Crippen LogP contribution in [0.4, 0.5) is 28.4 Å². The molecule has 0 spiro atoms. The molecule has 0 atom stereocenters. The first-order chi connectivity index (χ1) is 22.0. The van der Waals surface area contributed by atoms with Gasteiger partial charge < -0.3 is 9.71 Å². The smallest absolute Gasteiger partial charge is 0.333 e. The molecule has 7 aromatic carbocycles. The highest BCUT2D eigenvalue weighted by Gasteiger charge is 2.45. The number of anilines is 5. The average Bonchev–Trinajstić information content (AvgIpc) is 3.07. The number of rotatable bonds is 3. The first kappa shape index (κ1) is 26.4. The number of para-hydroxylation sites is 2. The Morgan fingerprint density at radius 1 is 0.444 bits per heavy atom. The highest BCUT2D eigenvalue weighted by molar-refractivity contribution is 6.94. The van der Waals surface area contributed by atoms with Crippen molar-refractivity contribution in [3.05, 3.63) is 146 Å². The van der Waals surface area contributed by atoms with Gasteiger partial charge in [-0.1, -0.05) is 135 Å². The van der Waals surface area contributed by atoms with Crippen LogP contribution in [0, 0.1) is 0 Å². The SMILES string of the molecule is C[Si](C)(C)c1c(N2c3ccccc3B3c4c(cccc42)-c2ccccc2N3c2cccc3ccccc23)ccc2ccccc12. The molecule has 0 aromatic heterocycles. The second-order valence-corrected chi connectivity index (χ2v) is 18.4. The van der Waals surface area contributed by atoms with Crippen molar-refractivity contribution in [3.8, 4) is 11.1 Å². The minimum Gasteiger partial charge on any atom is -0.376 e. The van der Waals surface area contributed by atoms with Crippen LogP contribution in [0.15, 0.2) is 146 Å². The molecule has 2 nitrogen and oxygen atoms in total. The quantitative estimate of drug-likeness (QED) is 0.189. The van der Waals surface area contributed by atoms with Gasteiger partial charge in [0.15, 0.2) is 0 Å². The first-order valence-electron chi connectivity index (χ1n) is 15.9. The summed E-state index contributed by atoms with van der Waals surface area (Å²) < 4.78 is 0. The number of hydrogen-bond acceptors (Lipinski definition) is 2. The molecule has 0 unspecified atom stereocenters. The fraction of sp³-hybridized carbons (Fsp3) is 0.0732. The highest BCUT2D eigenvalue weighted by Crippen LogP contribution is 2.47. The number of nitrogens with zero attached hydrogens (tertiary/aromatic N) is 2. The Labute approximate surface area is 266 Å². The Morgan fingerprint density at radius 3 is 1.84 bits per heavy atom. The number of hydrogen-bond donors (Lipinski definition) is 0. The predicted octanol–water partition coefficient (Wildman–Crippen LogP) is 9.25. The van der Waals surface area contributed by atoms with Crippen LogP contribution in [-0.4, -0.2) is 14.9 Å². The molecule has 0 fully saturated rings. The maximum atomic E-state index is 2.61. The summed E-state index contributed by atoms with van der Waals surface area (Å²) in [6.45, 7) is 7.47. The molecule has 0 saturated heterocycles. The van der Waals surface area contributed by atoms with Crippen LogP contribution >= 0.6 is 0 Å². The second kappa shape index (κ2) is 9.72. The molecule has 2 heterocycles. The first-order valence-corrected chi connectivity index (χ1v) is 19.4. The van der Waals surface area contributed by atoms with Crippen molar-refractivity contribution in [2.24, 2.45) is 0 Å². The van der Waals surface area contributed by atoms with E-state index in [0.29, 0.717) is 0 Å². The Kier molecular flexibility index (Phi) is 5.69. The van der Waals surface area contributed by atoms with Gasteiger partial charge in [-0.2, -0.15) is 0 Å². The molecule has 2 aliphatic rings. The molecule has 0 aliphatic carbocycles. The lowest BCUT2D eigenvalue weighted by atomic mass is 9.43. The number of fused-ring (bicyclic) bond motifs is 6. The summed E-state index contributed by atoms with van der Waals surface area (Å²) in [7, 11) is -1.80. The van der Waals surface area contributed by atoms with E-state index >= 15 is 0 Å². The Balaban J connectivity index is 1.39. The summed E-state index contributed by atoms with van der Waals surface area (Å²) >= 11 is 0.